The van der Waals surface area contributed by atoms with Gasteiger partial charge in [0.1, 0.15) is 17.4 Å². The second-order valence-corrected chi connectivity index (χ2v) is 7.56. The minimum atomic E-state index is -3.31. The molecule has 0 aliphatic heterocycles. The van der Waals surface area contributed by atoms with E-state index in [1.54, 1.807) is 24.3 Å². The standard InChI is InChI=1S/C15H19O4P/c16-15(17)14(12-7-3-1-4-8-12)11-20(18,19)13-9-5-2-6-10-13/h1,3-4,7-9,14,18-19H,2,5-6,10-11H2/p+1. The van der Waals surface area contributed by atoms with Gasteiger partial charge in [-0.3, -0.25) is 4.79 Å². The van der Waals surface area contributed by atoms with Crippen LogP contribution in [0.3, 0.4) is 0 Å². The molecule has 0 bridgehead atoms. The fourth-order valence-electron chi connectivity index (χ4n) is 2.53. The van der Waals surface area contributed by atoms with Crippen molar-refractivity contribution >= 4 is 13.7 Å². The largest absolute Gasteiger partial charge is 0.481 e. The van der Waals surface area contributed by atoms with Crippen LogP contribution in [-0.4, -0.2) is 27.0 Å². The summed E-state index contributed by atoms with van der Waals surface area (Å²) >= 11 is 0. The Morgan fingerprint density at radius 1 is 1.20 bits per heavy atom. The first kappa shape index (κ1) is 15.2. The zero-order chi connectivity index (χ0) is 14.6. The molecule has 4 nitrogen and oxygen atoms in total. The van der Waals surface area contributed by atoms with Crippen molar-refractivity contribution < 1.29 is 19.7 Å². The van der Waals surface area contributed by atoms with Gasteiger partial charge in [0, 0.05) is 6.42 Å². The minimum Gasteiger partial charge on any atom is -0.481 e. The molecule has 1 aromatic carbocycles. The number of hydrogen-bond acceptors (Lipinski definition) is 3. The van der Waals surface area contributed by atoms with Crippen molar-refractivity contribution in [3.8, 4) is 0 Å². The molecule has 0 spiro atoms. The molecule has 1 aliphatic carbocycles. The van der Waals surface area contributed by atoms with E-state index in [0.717, 1.165) is 19.3 Å². The number of carbonyl (C=O) groups is 1. The summed E-state index contributed by atoms with van der Waals surface area (Å²) in [6.45, 7) is 0. The third kappa shape index (κ3) is 3.66. The molecule has 0 amide bonds. The first-order valence-electron chi connectivity index (χ1n) is 6.81. The highest BCUT2D eigenvalue weighted by Gasteiger charge is 2.44. The smallest absolute Gasteiger partial charge is 0.314 e. The van der Waals surface area contributed by atoms with Crippen LogP contribution in [0.25, 0.3) is 0 Å². The van der Waals surface area contributed by atoms with Crippen molar-refractivity contribution in [3.63, 3.8) is 0 Å². The van der Waals surface area contributed by atoms with Crippen LogP contribution in [0.1, 0.15) is 37.2 Å². The van der Waals surface area contributed by atoms with Crippen LogP contribution in [0, 0.1) is 0 Å². The molecule has 3 N–H and O–H groups in total. The second-order valence-electron chi connectivity index (χ2n) is 5.16. The Kier molecular flexibility index (Phi) is 4.92. The Morgan fingerprint density at radius 2 is 1.90 bits per heavy atom. The Morgan fingerprint density at radius 3 is 2.45 bits per heavy atom. The van der Waals surface area contributed by atoms with Gasteiger partial charge in [0.15, 0.2) is 0 Å². The Balaban J connectivity index is 2.20. The van der Waals surface area contributed by atoms with Crippen LogP contribution in [0.15, 0.2) is 41.7 Å². The molecule has 5 heteroatoms. The number of aliphatic carboxylic acids is 1. The molecule has 0 fully saturated rings. The van der Waals surface area contributed by atoms with Crippen molar-refractivity contribution in [2.24, 2.45) is 0 Å². The monoisotopic (exact) mass is 295 g/mol. The molecule has 0 saturated carbocycles. The molecule has 1 aliphatic rings. The van der Waals surface area contributed by atoms with Gasteiger partial charge in [0.25, 0.3) is 7.72 Å². The molecule has 0 saturated heterocycles. The zero-order valence-electron chi connectivity index (χ0n) is 11.3. The topological polar surface area (TPSA) is 77.8 Å². The summed E-state index contributed by atoms with van der Waals surface area (Å²) in [7, 11) is -3.31. The molecule has 0 aromatic heterocycles. The van der Waals surface area contributed by atoms with E-state index < -0.39 is 19.6 Å². The maximum atomic E-state index is 11.4. The highest BCUT2D eigenvalue weighted by Crippen LogP contribution is 2.62. The molecular formula is C15H20O4P+. The molecule has 0 radical (unpaired) electrons. The molecule has 108 valence electrons. The quantitative estimate of drug-likeness (QED) is 0.729. The lowest BCUT2D eigenvalue weighted by Crippen LogP contribution is -2.19. The van der Waals surface area contributed by atoms with Gasteiger partial charge in [-0.2, -0.15) is 0 Å². The maximum absolute atomic E-state index is 11.4. The first-order chi connectivity index (χ1) is 9.50. The van der Waals surface area contributed by atoms with Crippen LogP contribution in [0.4, 0.5) is 0 Å². The van der Waals surface area contributed by atoms with Gasteiger partial charge in [-0.15, -0.1) is 0 Å². The average molecular weight is 295 g/mol. The van der Waals surface area contributed by atoms with Crippen LogP contribution in [0.5, 0.6) is 0 Å². The highest BCUT2D eigenvalue weighted by atomic mass is 31.2. The third-order valence-corrected chi connectivity index (χ3v) is 5.86. The summed E-state index contributed by atoms with van der Waals surface area (Å²) in [5.41, 5.74) is 0.615. The van der Waals surface area contributed by atoms with E-state index in [4.69, 9.17) is 0 Å². The molecule has 1 aromatic rings. The molecule has 20 heavy (non-hydrogen) atoms. The van der Waals surface area contributed by atoms with Crippen molar-refractivity contribution in [3.05, 3.63) is 47.3 Å². The fraction of sp³-hybridized carbons (Fsp3) is 0.400. The van der Waals surface area contributed by atoms with E-state index in [0.29, 0.717) is 17.3 Å². The molecule has 2 rings (SSSR count). The Bertz CT molecular complexity index is 496. The predicted octanol–water partition coefficient (Wildman–Crippen LogP) is 3.14. The second kappa shape index (κ2) is 6.49. The normalized spacial score (nSPS) is 17.4. The third-order valence-electron chi connectivity index (χ3n) is 3.66. The van der Waals surface area contributed by atoms with Crippen LogP contribution in [-0.2, 0) is 4.79 Å². The summed E-state index contributed by atoms with van der Waals surface area (Å²) < 4.78 is 0. The van der Waals surface area contributed by atoms with Gasteiger partial charge in [-0.05, 0) is 30.9 Å². The highest BCUT2D eigenvalue weighted by molar-refractivity contribution is 7.69. The summed E-state index contributed by atoms with van der Waals surface area (Å²) in [4.78, 5) is 32.1. The van der Waals surface area contributed by atoms with E-state index in [-0.39, 0.29) is 6.16 Å². The van der Waals surface area contributed by atoms with E-state index >= 15 is 0 Å². The van der Waals surface area contributed by atoms with E-state index in [1.165, 1.54) is 0 Å². The van der Waals surface area contributed by atoms with Crippen molar-refractivity contribution in [2.75, 3.05) is 6.16 Å². The number of rotatable bonds is 5. The van der Waals surface area contributed by atoms with Gasteiger partial charge < -0.3 is 5.11 Å². The van der Waals surface area contributed by atoms with Gasteiger partial charge in [-0.25, -0.2) is 9.79 Å². The average Bonchev–Trinajstić information content (AvgIpc) is 2.46. The van der Waals surface area contributed by atoms with Gasteiger partial charge in [0.05, 0.1) is 0 Å². The number of benzene rings is 1. The SMILES string of the molecule is O=C(O)C(C[P+](O)(O)C1=CCCCC1)c1ccccc1. The van der Waals surface area contributed by atoms with E-state index in [9.17, 15) is 19.7 Å². The lowest BCUT2D eigenvalue weighted by Gasteiger charge is -2.21. The summed E-state index contributed by atoms with van der Waals surface area (Å²) in [5, 5.41) is 10.0. The Hall–Kier alpha value is -1.22. The molecule has 1 atom stereocenters. The van der Waals surface area contributed by atoms with Crippen molar-refractivity contribution in [1.82, 2.24) is 0 Å². The lowest BCUT2D eigenvalue weighted by molar-refractivity contribution is -0.138. The minimum absolute atomic E-state index is 0.113. The zero-order valence-corrected chi connectivity index (χ0v) is 12.2. The molecule has 1 unspecified atom stereocenters. The van der Waals surface area contributed by atoms with Gasteiger partial charge >= 0.3 is 5.97 Å². The molecule has 0 heterocycles. The summed E-state index contributed by atoms with van der Waals surface area (Å²) in [5.74, 6) is -1.89. The number of carboxylic acids is 1. The van der Waals surface area contributed by atoms with Crippen molar-refractivity contribution in [1.29, 1.82) is 0 Å². The maximum Gasteiger partial charge on any atom is 0.314 e. The summed E-state index contributed by atoms with van der Waals surface area (Å²) in [6.07, 6.45) is 5.28. The Labute approximate surface area is 119 Å². The fourth-order valence-corrected chi connectivity index (χ4v) is 4.58. The number of hydrogen-bond donors (Lipinski definition) is 3. The molecular weight excluding hydrogens is 275 g/mol. The van der Waals surface area contributed by atoms with Crippen LogP contribution < -0.4 is 0 Å². The number of carboxylic acid groups (broad SMARTS) is 1. The van der Waals surface area contributed by atoms with Crippen molar-refractivity contribution in [2.45, 2.75) is 31.6 Å². The first-order valence-corrected chi connectivity index (χ1v) is 8.69. The van der Waals surface area contributed by atoms with Crippen LogP contribution >= 0.6 is 7.72 Å². The predicted molar refractivity (Wildman–Crippen MR) is 79.6 cm³/mol. The lowest BCUT2D eigenvalue weighted by atomic mass is 10.0. The van der Waals surface area contributed by atoms with Gasteiger partial charge in [0.2, 0.25) is 0 Å². The van der Waals surface area contributed by atoms with Gasteiger partial charge in [-0.1, -0.05) is 30.3 Å². The van der Waals surface area contributed by atoms with E-state index in [2.05, 4.69) is 0 Å². The summed E-state index contributed by atoms with van der Waals surface area (Å²) in [6, 6.07) is 8.77. The van der Waals surface area contributed by atoms with E-state index in [1.807, 2.05) is 12.1 Å². The number of allylic oxidation sites excluding steroid dienone is 2. The van der Waals surface area contributed by atoms with Crippen LogP contribution in [0.2, 0.25) is 0 Å².